The second kappa shape index (κ2) is 5.19. The van der Waals surface area contributed by atoms with E-state index in [1.54, 1.807) is 12.4 Å². The van der Waals surface area contributed by atoms with Gasteiger partial charge in [-0.05, 0) is 19.4 Å². The Morgan fingerprint density at radius 3 is 2.22 bits per heavy atom. The van der Waals surface area contributed by atoms with Crippen LogP contribution in [0.3, 0.4) is 0 Å². The number of hydrogen-bond donors (Lipinski definition) is 1. The lowest BCUT2D eigenvalue weighted by Gasteiger charge is -2.14. The molecule has 3 nitrogen and oxygen atoms in total. The topological polar surface area (TPSA) is 42.2 Å². The molecule has 0 amide bonds. The third-order valence-electron chi connectivity index (χ3n) is 2.87. The Balaban J connectivity index is 2.18. The van der Waals surface area contributed by atoms with Crippen LogP contribution in [-0.4, -0.2) is 9.67 Å². The maximum atomic E-state index is 11.0. The normalized spacial score (nSPS) is 12.4. The van der Waals surface area contributed by atoms with Crippen molar-refractivity contribution >= 4 is 0 Å². The Kier molecular flexibility index (Phi) is 3.63. The molecule has 3 heteroatoms. The second-order valence-corrected chi connectivity index (χ2v) is 4.67. The van der Waals surface area contributed by atoms with E-state index in [1.807, 2.05) is 30.5 Å². The first-order valence-corrected chi connectivity index (χ1v) is 5.97. The van der Waals surface area contributed by atoms with Crippen molar-refractivity contribution < 1.29 is 5.11 Å². The molecule has 0 aliphatic heterocycles. The van der Waals surface area contributed by atoms with Crippen molar-refractivity contribution in [3.63, 3.8) is 0 Å². The van der Waals surface area contributed by atoms with Gasteiger partial charge in [0.1, 0.15) is 0 Å². The number of pyridine rings is 1. The fourth-order valence-corrected chi connectivity index (χ4v) is 2.07. The van der Waals surface area contributed by atoms with Crippen molar-refractivity contribution in [3.05, 3.63) is 69.6 Å². The van der Waals surface area contributed by atoms with Crippen LogP contribution >= 0.6 is 0 Å². The minimum atomic E-state index is -0.564. The van der Waals surface area contributed by atoms with E-state index in [2.05, 4.69) is 6.07 Å². The van der Waals surface area contributed by atoms with E-state index in [0.717, 1.165) is 16.7 Å². The maximum Gasteiger partial charge on any atom is 0.181 e. The molecule has 0 radical (unpaired) electrons. The molecular formula is C15H17NO2. The number of benzene rings is 1. The molecule has 0 aliphatic carbocycles. The van der Waals surface area contributed by atoms with Crippen molar-refractivity contribution in [1.29, 1.82) is 0 Å². The quantitative estimate of drug-likeness (QED) is 0.898. The van der Waals surface area contributed by atoms with Crippen molar-refractivity contribution in [2.75, 3.05) is 0 Å². The SMILES string of the molecule is Cc1cc(C)cc(C(O)Cn2ccc(=O)cc2)c1. The van der Waals surface area contributed by atoms with Crippen molar-refractivity contribution in [2.45, 2.75) is 26.5 Å². The molecule has 1 aromatic carbocycles. The average Bonchev–Trinajstić information content (AvgIpc) is 2.31. The van der Waals surface area contributed by atoms with E-state index in [0.29, 0.717) is 6.54 Å². The Bertz CT molecular complexity index is 561. The minimum Gasteiger partial charge on any atom is -0.387 e. The largest absolute Gasteiger partial charge is 0.387 e. The first-order valence-electron chi connectivity index (χ1n) is 5.97. The maximum absolute atomic E-state index is 11.0. The van der Waals surface area contributed by atoms with E-state index in [9.17, 15) is 9.90 Å². The van der Waals surface area contributed by atoms with Gasteiger partial charge in [-0.15, -0.1) is 0 Å². The molecule has 0 spiro atoms. The van der Waals surface area contributed by atoms with Crippen molar-refractivity contribution in [2.24, 2.45) is 0 Å². The van der Waals surface area contributed by atoms with Crippen LogP contribution in [0.25, 0.3) is 0 Å². The van der Waals surface area contributed by atoms with E-state index in [4.69, 9.17) is 0 Å². The summed E-state index contributed by atoms with van der Waals surface area (Å²) in [5, 5.41) is 10.2. The Hall–Kier alpha value is -1.87. The third kappa shape index (κ3) is 3.08. The predicted octanol–water partition coefficient (Wildman–Crippen LogP) is 2.20. The lowest BCUT2D eigenvalue weighted by Crippen LogP contribution is -2.11. The summed E-state index contributed by atoms with van der Waals surface area (Å²) in [6.07, 6.45) is 2.81. The molecule has 1 atom stereocenters. The molecule has 2 rings (SSSR count). The molecule has 0 bridgehead atoms. The van der Waals surface area contributed by atoms with E-state index in [1.165, 1.54) is 12.1 Å². The van der Waals surface area contributed by atoms with Gasteiger partial charge in [-0.25, -0.2) is 0 Å². The summed E-state index contributed by atoms with van der Waals surface area (Å²) in [6, 6.07) is 9.04. The highest BCUT2D eigenvalue weighted by atomic mass is 16.3. The van der Waals surface area contributed by atoms with Gasteiger partial charge in [0, 0.05) is 24.5 Å². The molecule has 1 aromatic heterocycles. The highest BCUT2D eigenvalue weighted by molar-refractivity contribution is 5.29. The molecule has 1 heterocycles. The molecule has 18 heavy (non-hydrogen) atoms. The fraction of sp³-hybridized carbons (Fsp3) is 0.267. The van der Waals surface area contributed by atoms with Gasteiger partial charge in [-0.3, -0.25) is 4.79 Å². The Morgan fingerprint density at radius 2 is 1.67 bits per heavy atom. The van der Waals surface area contributed by atoms with Gasteiger partial charge in [-0.1, -0.05) is 29.3 Å². The van der Waals surface area contributed by atoms with E-state index >= 15 is 0 Å². The predicted molar refractivity (Wildman–Crippen MR) is 71.6 cm³/mol. The molecule has 0 saturated carbocycles. The lowest BCUT2D eigenvalue weighted by atomic mass is 10.0. The number of aliphatic hydroxyl groups excluding tert-OH is 1. The molecule has 0 fully saturated rings. The van der Waals surface area contributed by atoms with Crippen LogP contribution in [0.2, 0.25) is 0 Å². The first kappa shape index (κ1) is 12.6. The molecule has 0 saturated heterocycles. The van der Waals surface area contributed by atoms with Gasteiger partial charge in [0.15, 0.2) is 5.43 Å². The van der Waals surface area contributed by atoms with Gasteiger partial charge in [-0.2, -0.15) is 0 Å². The summed E-state index contributed by atoms with van der Waals surface area (Å²) >= 11 is 0. The van der Waals surface area contributed by atoms with Crippen LogP contribution in [0.5, 0.6) is 0 Å². The number of aryl methyl sites for hydroxylation is 2. The number of rotatable bonds is 3. The van der Waals surface area contributed by atoms with Gasteiger partial charge < -0.3 is 9.67 Å². The minimum absolute atomic E-state index is 0.0212. The van der Waals surface area contributed by atoms with E-state index < -0.39 is 6.10 Å². The monoisotopic (exact) mass is 243 g/mol. The summed E-state index contributed by atoms with van der Waals surface area (Å²) in [5.41, 5.74) is 3.17. The summed E-state index contributed by atoms with van der Waals surface area (Å²) in [7, 11) is 0. The van der Waals surface area contributed by atoms with Crippen molar-refractivity contribution in [3.8, 4) is 0 Å². The molecule has 1 N–H and O–H groups in total. The highest BCUT2D eigenvalue weighted by Gasteiger charge is 2.08. The third-order valence-corrected chi connectivity index (χ3v) is 2.87. The van der Waals surface area contributed by atoms with Crippen LogP contribution in [-0.2, 0) is 6.54 Å². The molecule has 94 valence electrons. The van der Waals surface area contributed by atoms with Crippen LogP contribution in [0, 0.1) is 13.8 Å². The van der Waals surface area contributed by atoms with E-state index in [-0.39, 0.29) is 5.43 Å². The van der Waals surface area contributed by atoms with Crippen LogP contribution in [0.15, 0.2) is 47.5 Å². The van der Waals surface area contributed by atoms with Gasteiger partial charge in [0.25, 0.3) is 0 Å². The van der Waals surface area contributed by atoms with Crippen LogP contribution in [0.4, 0.5) is 0 Å². The second-order valence-electron chi connectivity index (χ2n) is 4.67. The fourth-order valence-electron chi connectivity index (χ4n) is 2.07. The zero-order valence-corrected chi connectivity index (χ0v) is 10.6. The summed E-state index contributed by atoms with van der Waals surface area (Å²) < 4.78 is 1.81. The number of aromatic nitrogens is 1. The summed E-state index contributed by atoms with van der Waals surface area (Å²) in [4.78, 5) is 11.0. The van der Waals surface area contributed by atoms with Crippen LogP contribution < -0.4 is 5.43 Å². The smallest absolute Gasteiger partial charge is 0.181 e. The Labute approximate surface area is 106 Å². The van der Waals surface area contributed by atoms with Crippen molar-refractivity contribution in [1.82, 2.24) is 4.57 Å². The van der Waals surface area contributed by atoms with Crippen LogP contribution in [0.1, 0.15) is 22.8 Å². The summed E-state index contributed by atoms with van der Waals surface area (Å²) in [6.45, 7) is 4.48. The Morgan fingerprint density at radius 1 is 1.11 bits per heavy atom. The van der Waals surface area contributed by atoms with Gasteiger partial charge >= 0.3 is 0 Å². The van der Waals surface area contributed by atoms with Gasteiger partial charge in [0.2, 0.25) is 0 Å². The molecule has 2 aromatic rings. The number of hydrogen-bond acceptors (Lipinski definition) is 2. The zero-order valence-electron chi connectivity index (χ0n) is 10.6. The van der Waals surface area contributed by atoms with Gasteiger partial charge in [0.05, 0.1) is 12.6 Å². The lowest BCUT2D eigenvalue weighted by molar-refractivity contribution is 0.156. The molecular weight excluding hydrogens is 226 g/mol. The summed E-state index contributed by atoms with van der Waals surface area (Å²) in [5.74, 6) is 0. The number of aliphatic hydroxyl groups is 1. The standard InChI is InChI=1S/C15H17NO2/c1-11-7-12(2)9-13(8-11)15(18)10-16-5-3-14(17)4-6-16/h3-9,15,18H,10H2,1-2H3. The highest BCUT2D eigenvalue weighted by Crippen LogP contribution is 2.18. The number of nitrogens with zero attached hydrogens (tertiary/aromatic N) is 1. The average molecular weight is 243 g/mol. The molecule has 0 aliphatic rings. The zero-order chi connectivity index (χ0) is 13.1. The molecule has 1 unspecified atom stereocenters. The first-order chi connectivity index (χ1) is 8.54.